The lowest BCUT2D eigenvalue weighted by Crippen LogP contribution is -2.24. The van der Waals surface area contributed by atoms with Crippen molar-refractivity contribution < 1.29 is 9.47 Å². The largest absolute Gasteiger partial charge is 0.497 e. The summed E-state index contributed by atoms with van der Waals surface area (Å²) < 4.78 is 13.8. The Labute approximate surface area is 189 Å². The molecule has 5 nitrogen and oxygen atoms in total. The van der Waals surface area contributed by atoms with E-state index in [9.17, 15) is 4.79 Å². The molecule has 3 aromatic carbocycles. The van der Waals surface area contributed by atoms with E-state index in [4.69, 9.17) is 14.5 Å². The Morgan fingerprint density at radius 3 is 2.55 bits per heavy atom. The predicted molar refractivity (Wildman–Crippen MR) is 127 cm³/mol. The van der Waals surface area contributed by atoms with E-state index in [1.165, 1.54) is 0 Å². The Morgan fingerprint density at radius 2 is 1.81 bits per heavy atom. The zero-order valence-electron chi connectivity index (χ0n) is 17.5. The highest BCUT2D eigenvalue weighted by atomic mass is 79.9. The summed E-state index contributed by atoms with van der Waals surface area (Å²) in [7, 11) is 1.63. The number of nitrogens with zero attached hydrogens (tertiary/aromatic N) is 2. The van der Waals surface area contributed by atoms with Crippen LogP contribution >= 0.6 is 15.9 Å². The van der Waals surface area contributed by atoms with E-state index in [1.54, 1.807) is 11.7 Å². The molecule has 0 bridgehead atoms. The van der Waals surface area contributed by atoms with Crippen LogP contribution in [0.25, 0.3) is 22.3 Å². The highest BCUT2D eigenvalue weighted by Crippen LogP contribution is 2.26. The quantitative estimate of drug-likeness (QED) is 0.323. The lowest BCUT2D eigenvalue weighted by Gasteiger charge is -2.15. The second-order valence-corrected chi connectivity index (χ2v) is 8.13. The van der Waals surface area contributed by atoms with Crippen LogP contribution in [0.2, 0.25) is 0 Å². The molecule has 158 valence electrons. The first-order valence-corrected chi connectivity index (χ1v) is 10.9. The summed E-state index contributed by atoms with van der Waals surface area (Å²) in [5.74, 6) is 2.20. The Bertz CT molecular complexity index is 1270. The Morgan fingerprint density at radius 1 is 1.03 bits per heavy atom. The first kappa shape index (κ1) is 21.1. The fraction of sp³-hybridized carbons (Fsp3) is 0.200. The minimum absolute atomic E-state index is 0.0482. The fourth-order valence-corrected chi connectivity index (χ4v) is 4.07. The van der Waals surface area contributed by atoms with Crippen molar-refractivity contribution in [1.82, 2.24) is 9.55 Å². The summed E-state index contributed by atoms with van der Waals surface area (Å²) in [6, 6.07) is 21.0. The van der Waals surface area contributed by atoms with E-state index in [1.807, 2.05) is 73.7 Å². The van der Waals surface area contributed by atoms with Crippen LogP contribution in [-0.2, 0) is 6.54 Å². The van der Waals surface area contributed by atoms with Gasteiger partial charge in [-0.3, -0.25) is 9.36 Å². The van der Waals surface area contributed by atoms with Crippen molar-refractivity contribution in [2.75, 3.05) is 13.7 Å². The molecule has 0 aliphatic heterocycles. The molecule has 0 aliphatic rings. The Hall–Kier alpha value is -3.12. The second kappa shape index (κ2) is 9.35. The van der Waals surface area contributed by atoms with Crippen LogP contribution in [0.4, 0.5) is 0 Å². The first-order valence-electron chi connectivity index (χ1n) is 10.1. The molecule has 31 heavy (non-hydrogen) atoms. The minimum atomic E-state index is -0.0482. The van der Waals surface area contributed by atoms with Crippen LogP contribution in [0.5, 0.6) is 11.5 Å². The molecule has 4 aromatic rings. The number of benzene rings is 3. The molecule has 0 saturated heterocycles. The molecular formula is C25H23BrN2O3. The van der Waals surface area contributed by atoms with Gasteiger partial charge in [0.1, 0.15) is 17.3 Å². The van der Waals surface area contributed by atoms with E-state index in [0.717, 1.165) is 27.1 Å². The van der Waals surface area contributed by atoms with Gasteiger partial charge in [-0.1, -0.05) is 18.2 Å². The van der Waals surface area contributed by atoms with Crippen LogP contribution < -0.4 is 15.0 Å². The van der Waals surface area contributed by atoms with Crippen LogP contribution in [0.3, 0.4) is 0 Å². The summed E-state index contributed by atoms with van der Waals surface area (Å²) in [4.78, 5) is 18.0. The molecular weight excluding hydrogens is 456 g/mol. The molecule has 0 radical (unpaired) electrons. The molecule has 0 atom stereocenters. The molecule has 0 fully saturated rings. The number of ether oxygens (including phenoxy) is 2. The molecule has 1 heterocycles. The van der Waals surface area contributed by atoms with Crippen molar-refractivity contribution in [3.05, 3.63) is 87.1 Å². The zero-order valence-corrected chi connectivity index (χ0v) is 19.1. The van der Waals surface area contributed by atoms with Gasteiger partial charge in [-0.05, 0) is 83.4 Å². The van der Waals surface area contributed by atoms with E-state index < -0.39 is 0 Å². The SMILES string of the molecule is COc1ccc(-c2nc3ccccc3c(=O)n2CCCOc2ccc(C)cc2Br)cc1. The van der Waals surface area contributed by atoms with E-state index >= 15 is 0 Å². The monoisotopic (exact) mass is 478 g/mol. The van der Waals surface area contributed by atoms with Gasteiger partial charge in [0.15, 0.2) is 0 Å². The third kappa shape index (κ3) is 4.64. The zero-order chi connectivity index (χ0) is 21.8. The van der Waals surface area contributed by atoms with E-state index in [0.29, 0.717) is 36.3 Å². The summed E-state index contributed by atoms with van der Waals surface area (Å²) in [5, 5.41) is 0.613. The van der Waals surface area contributed by atoms with Crippen molar-refractivity contribution in [3.63, 3.8) is 0 Å². The Balaban J connectivity index is 1.61. The molecule has 6 heteroatoms. The van der Waals surface area contributed by atoms with Crippen molar-refractivity contribution in [2.24, 2.45) is 0 Å². The third-order valence-electron chi connectivity index (χ3n) is 5.08. The lowest BCUT2D eigenvalue weighted by atomic mass is 10.1. The van der Waals surface area contributed by atoms with Crippen LogP contribution in [0.1, 0.15) is 12.0 Å². The number of hydrogen-bond donors (Lipinski definition) is 0. The van der Waals surface area contributed by atoms with Crippen LogP contribution in [0.15, 0.2) is 76.0 Å². The highest BCUT2D eigenvalue weighted by Gasteiger charge is 2.13. The van der Waals surface area contributed by atoms with Crippen molar-refractivity contribution in [2.45, 2.75) is 19.9 Å². The maximum absolute atomic E-state index is 13.3. The maximum atomic E-state index is 13.3. The van der Waals surface area contributed by atoms with Crippen molar-refractivity contribution >= 4 is 26.8 Å². The first-order chi connectivity index (χ1) is 15.1. The van der Waals surface area contributed by atoms with Gasteiger partial charge in [-0.2, -0.15) is 0 Å². The number of aryl methyl sites for hydroxylation is 1. The maximum Gasteiger partial charge on any atom is 0.261 e. The number of rotatable bonds is 7. The summed E-state index contributed by atoms with van der Waals surface area (Å²) in [6.45, 7) is 3.03. The number of para-hydroxylation sites is 1. The molecule has 1 aromatic heterocycles. The Kier molecular flexibility index (Phi) is 6.37. The van der Waals surface area contributed by atoms with Gasteiger partial charge < -0.3 is 9.47 Å². The molecule has 4 rings (SSSR count). The summed E-state index contributed by atoms with van der Waals surface area (Å²) >= 11 is 3.54. The van der Waals surface area contributed by atoms with Crippen molar-refractivity contribution in [1.29, 1.82) is 0 Å². The van der Waals surface area contributed by atoms with Gasteiger partial charge in [0.25, 0.3) is 5.56 Å². The number of hydrogen-bond acceptors (Lipinski definition) is 4. The smallest absolute Gasteiger partial charge is 0.261 e. The van der Waals surface area contributed by atoms with Gasteiger partial charge in [0, 0.05) is 12.1 Å². The minimum Gasteiger partial charge on any atom is -0.497 e. The summed E-state index contributed by atoms with van der Waals surface area (Å²) in [6.07, 6.45) is 0.670. The van der Waals surface area contributed by atoms with Gasteiger partial charge >= 0.3 is 0 Å². The second-order valence-electron chi connectivity index (χ2n) is 7.27. The molecule has 0 amide bonds. The van der Waals surface area contributed by atoms with Gasteiger partial charge in [0.05, 0.1) is 29.1 Å². The summed E-state index contributed by atoms with van der Waals surface area (Å²) in [5.41, 5.74) is 2.67. The molecule has 0 aliphatic carbocycles. The number of methoxy groups -OCH3 is 1. The fourth-order valence-electron chi connectivity index (χ4n) is 3.46. The highest BCUT2D eigenvalue weighted by molar-refractivity contribution is 9.10. The standard InChI is InChI=1S/C25H23BrN2O3/c1-17-8-13-23(21(26)16-17)31-15-5-14-28-24(18-9-11-19(30-2)12-10-18)27-22-7-4-3-6-20(22)25(28)29/h3-4,6-13,16H,5,14-15H2,1-2H3. The third-order valence-corrected chi connectivity index (χ3v) is 5.70. The number of aromatic nitrogens is 2. The van der Waals surface area contributed by atoms with Gasteiger partial charge in [-0.15, -0.1) is 0 Å². The lowest BCUT2D eigenvalue weighted by molar-refractivity contribution is 0.299. The molecule has 0 saturated carbocycles. The average molecular weight is 479 g/mol. The van der Waals surface area contributed by atoms with E-state index in [-0.39, 0.29) is 5.56 Å². The molecule has 0 N–H and O–H groups in total. The number of halogens is 1. The molecule has 0 unspecified atom stereocenters. The van der Waals surface area contributed by atoms with E-state index in [2.05, 4.69) is 15.9 Å². The van der Waals surface area contributed by atoms with Crippen molar-refractivity contribution in [3.8, 4) is 22.9 Å². The van der Waals surface area contributed by atoms with Crippen LogP contribution in [-0.4, -0.2) is 23.3 Å². The average Bonchev–Trinajstić information content (AvgIpc) is 2.79. The van der Waals surface area contributed by atoms with Crippen LogP contribution in [0, 0.1) is 6.92 Å². The van der Waals surface area contributed by atoms with Gasteiger partial charge in [0.2, 0.25) is 0 Å². The normalized spacial score (nSPS) is 10.9. The molecule has 0 spiro atoms. The topological polar surface area (TPSA) is 53.3 Å². The number of fused-ring (bicyclic) bond motifs is 1. The predicted octanol–water partition coefficient (Wildman–Crippen LogP) is 5.61. The van der Waals surface area contributed by atoms with Gasteiger partial charge in [-0.25, -0.2) is 4.98 Å².